The number of rotatable bonds is 6. The van der Waals surface area contributed by atoms with E-state index in [1.54, 1.807) is 0 Å². The number of aromatic amines is 1. The second kappa shape index (κ2) is 8.93. The van der Waals surface area contributed by atoms with Crippen LogP contribution in [0.25, 0.3) is 22.2 Å². The van der Waals surface area contributed by atoms with Crippen LogP contribution in [0.3, 0.4) is 0 Å². The Morgan fingerprint density at radius 2 is 1.52 bits per heavy atom. The number of ether oxygens (including phenoxy) is 2. The number of piperazine rings is 1. The lowest BCUT2D eigenvalue weighted by Gasteiger charge is -2.34. The van der Waals surface area contributed by atoms with E-state index in [0.717, 1.165) is 57.2 Å². The summed E-state index contributed by atoms with van der Waals surface area (Å²) in [5.74, 6) is 1.73. The van der Waals surface area contributed by atoms with Crippen molar-refractivity contribution in [3.05, 3.63) is 83.9 Å². The van der Waals surface area contributed by atoms with Gasteiger partial charge >= 0.3 is 0 Å². The molecule has 4 aromatic rings. The van der Waals surface area contributed by atoms with Gasteiger partial charge in [-0.2, -0.15) is 0 Å². The fourth-order valence-corrected chi connectivity index (χ4v) is 5.05. The summed E-state index contributed by atoms with van der Waals surface area (Å²) in [6.07, 6.45) is 1.05. The number of H-pyrrole nitrogens is 1. The summed E-state index contributed by atoms with van der Waals surface area (Å²) in [5.41, 5.74) is 6.47. The first-order valence-electron chi connectivity index (χ1n) is 11.8. The van der Waals surface area contributed by atoms with Gasteiger partial charge < -0.3 is 19.4 Å². The predicted molar refractivity (Wildman–Crippen MR) is 132 cm³/mol. The summed E-state index contributed by atoms with van der Waals surface area (Å²) in [6, 6.07) is 25.7. The van der Waals surface area contributed by atoms with Gasteiger partial charge in [0, 0.05) is 55.9 Å². The van der Waals surface area contributed by atoms with Gasteiger partial charge in [-0.1, -0.05) is 54.6 Å². The van der Waals surface area contributed by atoms with E-state index >= 15 is 0 Å². The quantitative estimate of drug-likeness (QED) is 0.463. The minimum atomic E-state index is 0.333. The number of fused-ring (bicyclic) bond motifs is 2. The third-order valence-corrected chi connectivity index (χ3v) is 6.86. The molecule has 1 N–H and O–H groups in total. The number of benzene rings is 3. The standard InChI is InChI=1S/C28H29N3O2/c1-2-6-22(7-3-1)28-24(23-8-4-5-9-25(23)29-28)12-13-30-14-16-31(17-15-30)19-21-10-11-26-27(18-21)33-20-32-26/h1-11,18,29H,12-17,19-20H2. The van der Waals surface area contributed by atoms with Crippen LogP contribution in [0.1, 0.15) is 11.1 Å². The van der Waals surface area contributed by atoms with E-state index in [-0.39, 0.29) is 0 Å². The number of hydrogen-bond acceptors (Lipinski definition) is 4. The fraction of sp³-hybridized carbons (Fsp3) is 0.286. The summed E-state index contributed by atoms with van der Waals surface area (Å²) < 4.78 is 11.0. The van der Waals surface area contributed by atoms with Crippen LogP contribution >= 0.6 is 0 Å². The molecule has 5 heteroatoms. The number of nitrogens with one attached hydrogen (secondary N) is 1. The van der Waals surface area contributed by atoms with Crippen molar-refractivity contribution in [2.75, 3.05) is 39.5 Å². The zero-order chi connectivity index (χ0) is 22.0. The molecule has 2 aliphatic rings. The molecular weight excluding hydrogens is 410 g/mol. The summed E-state index contributed by atoms with van der Waals surface area (Å²) in [6.45, 7) is 6.77. The van der Waals surface area contributed by atoms with E-state index in [1.165, 1.54) is 33.3 Å². The second-order valence-corrected chi connectivity index (χ2v) is 8.95. The smallest absolute Gasteiger partial charge is 0.231 e. The maximum Gasteiger partial charge on any atom is 0.231 e. The van der Waals surface area contributed by atoms with Gasteiger partial charge in [0.2, 0.25) is 6.79 Å². The van der Waals surface area contributed by atoms with E-state index in [1.807, 2.05) is 6.07 Å². The van der Waals surface area contributed by atoms with Gasteiger partial charge in [0.15, 0.2) is 11.5 Å². The predicted octanol–water partition coefficient (Wildman–Crippen LogP) is 4.92. The molecule has 3 aromatic carbocycles. The summed E-state index contributed by atoms with van der Waals surface area (Å²) in [7, 11) is 0. The molecule has 168 valence electrons. The van der Waals surface area contributed by atoms with Crippen molar-refractivity contribution < 1.29 is 9.47 Å². The molecule has 1 aromatic heterocycles. The van der Waals surface area contributed by atoms with Crippen LogP contribution in [0.15, 0.2) is 72.8 Å². The largest absolute Gasteiger partial charge is 0.454 e. The molecule has 33 heavy (non-hydrogen) atoms. The van der Waals surface area contributed by atoms with Crippen LogP contribution in [-0.2, 0) is 13.0 Å². The van der Waals surface area contributed by atoms with Gasteiger partial charge in [-0.3, -0.25) is 4.90 Å². The Morgan fingerprint density at radius 1 is 0.758 bits per heavy atom. The second-order valence-electron chi connectivity index (χ2n) is 8.95. The molecule has 6 rings (SSSR count). The minimum absolute atomic E-state index is 0.333. The normalized spacial score (nSPS) is 16.5. The molecule has 1 fully saturated rings. The van der Waals surface area contributed by atoms with Crippen molar-refractivity contribution in [2.24, 2.45) is 0 Å². The van der Waals surface area contributed by atoms with Gasteiger partial charge in [-0.05, 0) is 41.3 Å². The highest BCUT2D eigenvalue weighted by Gasteiger charge is 2.20. The average molecular weight is 440 g/mol. The third-order valence-electron chi connectivity index (χ3n) is 6.86. The molecule has 1 saturated heterocycles. The van der Waals surface area contributed by atoms with Crippen LogP contribution < -0.4 is 9.47 Å². The van der Waals surface area contributed by atoms with Crippen molar-refractivity contribution in [1.29, 1.82) is 0 Å². The Hall–Kier alpha value is -3.28. The molecule has 0 unspecified atom stereocenters. The van der Waals surface area contributed by atoms with Crippen molar-refractivity contribution in [3.8, 4) is 22.8 Å². The molecule has 0 atom stereocenters. The average Bonchev–Trinajstić information content (AvgIpc) is 3.48. The molecular formula is C28H29N3O2. The third kappa shape index (κ3) is 4.22. The maximum atomic E-state index is 5.53. The van der Waals surface area contributed by atoms with Gasteiger partial charge in [0.1, 0.15) is 0 Å². The molecule has 5 nitrogen and oxygen atoms in total. The highest BCUT2D eigenvalue weighted by molar-refractivity contribution is 5.90. The lowest BCUT2D eigenvalue weighted by Crippen LogP contribution is -2.46. The van der Waals surface area contributed by atoms with Crippen LogP contribution in [0, 0.1) is 0 Å². The Bertz CT molecular complexity index is 1240. The summed E-state index contributed by atoms with van der Waals surface area (Å²) in [4.78, 5) is 8.82. The van der Waals surface area contributed by atoms with E-state index < -0.39 is 0 Å². The monoisotopic (exact) mass is 439 g/mol. The first-order chi connectivity index (χ1) is 16.3. The van der Waals surface area contributed by atoms with Crippen molar-refractivity contribution in [1.82, 2.24) is 14.8 Å². The van der Waals surface area contributed by atoms with Gasteiger partial charge in [0.05, 0.1) is 0 Å². The van der Waals surface area contributed by atoms with Gasteiger partial charge in [0.25, 0.3) is 0 Å². The minimum Gasteiger partial charge on any atom is -0.454 e. The molecule has 0 spiro atoms. The number of hydrogen-bond donors (Lipinski definition) is 1. The zero-order valence-electron chi connectivity index (χ0n) is 18.8. The van der Waals surface area contributed by atoms with Crippen LogP contribution in [0.2, 0.25) is 0 Å². The molecule has 3 heterocycles. The molecule has 0 saturated carbocycles. The summed E-state index contributed by atoms with van der Waals surface area (Å²) >= 11 is 0. The Kier molecular flexibility index (Phi) is 5.50. The van der Waals surface area contributed by atoms with Crippen LogP contribution in [-0.4, -0.2) is 54.3 Å². The van der Waals surface area contributed by atoms with Gasteiger partial charge in [-0.25, -0.2) is 0 Å². The Balaban J connectivity index is 1.10. The maximum absolute atomic E-state index is 5.53. The first-order valence-corrected chi connectivity index (χ1v) is 11.8. The highest BCUT2D eigenvalue weighted by atomic mass is 16.7. The molecule has 0 bridgehead atoms. The number of aromatic nitrogens is 1. The van der Waals surface area contributed by atoms with Crippen LogP contribution in [0.4, 0.5) is 0 Å². The van der Waals surface area contributed by atoms with E-state index in [0.29, 0.717) is 6.79 Å². The molecule has 2 aliphatic heterocycles. The van der Waals surface area contributed by atoms with Crippen LogP contribution in [0.5, 0.6) is 11.5 Å². The fourth-order valence-electron chi connectivity index (χ4n) is 5.05. The zero-order valence-corrected chi connectivity index (χ0v) is 18.8. The van der Waals surface area contributed by atoms with E-state index in [2.05, 4.69) is 81.5 Å². The number of nitrogens with zero attached hydrogens (tertiary/aromatic N) is 2. The number of para-hydroxylation sites is 1. The van der Waals surface area contributed by atoms with E-state index in [9.17, 15) is 0 Å². The Labute approximate surface area is 194 Å². The lowest BCUT2D eigenvalue weighted by atomic mass is 10.0. The van der Waals surface area contributed by atoms with Crippen molar-refractivity contribution in [2.45, 2.75) is 13.0 Å². The summed E-state index contributed by atoms with van der Waals surface area (Å²) in [5, 5.41) is 1.35. The SMILES string of the molecule is c1ccc(-c2[nH]c3ccccc3c2CCN2CCN(Cc3ccc4c(c3)OCO4)CC2)cc1. The topological polar surface area (TPSA) is 40.7 Å². The van der Waals surface area contributed by atoms with Gasteiger partial charge in [-0.15, -0.1) is 0 Å². The van der Waals surface area contributed by atoms with Crippen molar-refractivity contribution >= 4 is 10.9 Å². The lowest BCUT2D eigenvalue weighted by molar-refractivity contribution is 0.128. The highest BCUT2D eigenvalue weighted by Crippen LogP contribution is 2.33. The first kappa shape index (κ1) is 20.3. The molecule has 0 amide bonds. The molecule has 0 aliphatic carbocycles. The van der Waals surface area contributed by atoms with Crippen molar-refractivity contribution in [3.63, 3.8) is 0 Å². The van der Waals surface area contributed by atoms with E-state index in [4.69, 9.17) is 9.47 Å². The Morgan fingerprint density at radius 3 is 2.39 bits per heavy atom. The molecule has 0 radical (unpaired) electrons.